The lowest BCUT2D eigenvalue weighted by Crippen LogP contribution is -2.35. The first-order valence-corrected chi connectivity index (χ1v) is 8.12. The average Bonchev–Trinajstić information content (AvgIpc) is 2.38. The predicted octanol–water partition coefficient (Wildman–Crippen LogP) is 3.64. The van der Waals surface area contributed by atoms with Crippen molar-refractivity contribution in [2.24, 2.45) is 0 Å². The SMILES string of the molecule is CCC(C)N(C)S(=O)(=O)c1cc(Cl)cc(CCl)c1F. The smallest absolute Gasteiger partial charge is 0.207 e. The van der Waals surface area contributed by atoms with Gasteiger partial charge in [-0.1, -0.05) is 18.5 Å². The van der Waals surface area contributed by atoms with Crippen molar-refractivity contribution in [2.45, 2.75) is 37.1 Å². The third kappa shape index (κ3) is 3.40. The molecule has 108 valence electrons. The van der Waals surface area contributed by atoms with Gasteiger partial charge >= 0.3 is 0 Å². The van der Waals surface area contributed by atoms with Gasteiger partial charge in [-0.05, 0) is 25.5 Å². The van der Waals surface area contributed by atoms with Crippen molar-refractivity contribution >= 4 is 33.2 Å². The molecule has 0 aliphatic carbocycles. The van der Waals surface area contributed by atoms with Crippen molar-refractivity contribution in [1.29, 1.82) is 0 Å². The topological polar surface area (TPSA) is 37.4 Å². The molecule has 0 aliphatic heterocycles. The lowest BCUT2D eigenvalue weighted by molar-refractivity contribution is 0.378. The molecule has 0 amide bonds. The second kappa shape index (κ2) is 6.39. The molecule has 0 saturated carbocycles. The van der Waals surface area contributed by atoms with Crippen molar-refractivity contribution in [1.82, 2.24) is 4.31 Å². The molecule has 0 bridgehead atoms. The minimum absolute atomic E-state index is 0.0743. The number of sulfonamides is 1. The maximum Gasteiger partial charge on any atom is 0.246 e. The van der Waals surface area contributed by atoms with Crippen LogP contribution in [0.4, 0.5) is 4.39 Å². The van der Waals surface area contributed by atoms with Crippen molar-refractivity contribution in [3.05, 3.63) is 28.5 Å². The van der Waals surface area contributed by atoms with Gasteiger partial charge in [0, 0.05) is 23.7 Å². The van der Waals surface area contributed by atoms with E-state index in [1.54, 1.807) is 6.92 Å². The van der Waals surface area contributed by atoms with Gasteiger partial charge in [-0.15, -0.1) is 11.6 Å². The summed E-state index contributed by atoms with van der Waals surface area (Å²) in [5.74, 6) is -0.975. The van der Waals surface area contributed by atoms with Gasteiger partial charge in [-0.3, -0.25) is 0 Å². The van der Waals surface area contributed by atoms with Crippen molar-refractivity contribution in [2.75, 3.05) is 7.05 Å². The highest BCUT2D eigenvalue weighted by molar-refractivity contribution is 7.89. The molecule has 1 rings (SSSR count). The lowest BCUT2D eigenvalue weighted by atomic mass is 10.2. The monoisotopic (exact) mass is 327 g/mol. The van der Waals surface area contributed by atoms with E-state index in [0.29, 0.717) is 6.42 Å². The Morgan fingerprint density at radius 2 is 2.00 bits per heavy atom. The van der Waals surface area contributed by atoms with E-state index in [9.17, 15) is 12.8 Å². The number of nitrogens with zero attached hydrogens (tertiary/aromatic N) is 1. The van der Waals surface area contributed by atoms with E-state index in [0.717, 1.165) is 10.4 Å². The zero-order chi connectivity index (χ0) is 14.8. The quantitative estimate of drug-likeness (QED) is 0.774. The summed E-state index contributed by atoms with van der Waals surface area (Å²) in [4.78, 5) is -0.432. The second-order valence-electron chi connectivity index (χ2n) is 4.29. The highest BCUT2D eigenvalue weighted by Gasteiger charge is 2.29. The molecule has 0 aromatic heterocycles. The van der Waals surface area contributed by atoms with Gasteiger partial charge in [0.15, 0.2) is 0 Å². The van der Waals surface area contributed by atoms with E-state index in [4.69, 9.17) is 23.2 Å². The summed E-state index contributed by atoms with van der Waals surface area (Å²) in [5.41, 5.74) is 0.0743. The van der Waals surface area contributed by atoms with Crippen molar-refractivity contribution in [3.8, 4) is 0 Å². The minimum atomic E-state index is -3.92. The van der Waals surface area contributed by atoms with Gasteiger partial charge in [-0.2, -0.15) is 4.31 Å². The van der Waals surface area contributed by atoms with Crippen LogP contribution >= 0.6 is 23.2 Å². The van der Waals surface area contributed by atoms with Gasteiger partial charge in [0.25, 0.3) is 0 Å². The highest BCUT2D eigenvalue weighted by atomic mass is 35.5. The zero-order valence-corrected chi connectivity index (χ0v) is 13.3. The molecule has 0 spiro atoms. The van der Waals surface area contributed by atoms with Gasteiger partial charge in [0.05, 0.1) is 5.88 Å². The van der Waals surface area contributed by atoms with Crippen LogP contribution in [0.1, 0.15) is 25.8 Å². The number of rotatable bonds is 5. The van der Waals surface area contributed by atoms with Crippen LogP contribution in [0.15, 0.2) is 17.0 Å². The van der Waals surface area contributed by atoms with Gasteiger partial charge in [0.1, 0.15) is 10.7 Å². The van der Waals surface area contributed by atoms with Crippen LogP contribution in [0.2, 0.25) is 5.02 Å². The fraction of sp³-hybridized carbons (Fsp3) is 0.500. The Hall–Kier alpha value is -0.360. The molecule has 0 N–H and O–H groups in total. The van der Waals surface area contributed by atoms with Crippen LogP contribution in [-0.2, 0) is 15.9 Å². The Morgan fingerprint density at radius 3 is 2.47 bits per heavy atom. The van der Waals surface area contributed by atoms with E-state index in [1.165, 1.54) is 13.1 Å². The normalized spacial score (nSPS) is 13.8. The van der Waals surface area contributed by atoms with E-state index < -0.39 is 20.7 Å². The standard InChI is InChI=1S/C12H16Cl2FNO2S/c1-4-8(2)16(3)19(17,18)11-6-10(14)5-9(7-13)12(11)15/h5-6,8H,4,7H2,1-3H3. The third-order valence-electron chi connectivity index (χ3n) is 3.09. The highest BCUT2D eigenvalue weighted by Crippen LogP contribution is 2.27. The van der Waals surface area contributed by atoms with Crippen LogP contribution in [-0.4, -0.2) is 25.8 Å². The summed E-state index contributed by atoms with van der Waals surface area (Å²) in [5, 5.41) is 0.146. The minimum Gasteiger partial charge on any atom is -0.207 e. The van der Waals surface area contributed by atoms with Gasteiger partial charge in [0.2, 0.25) is 10.0 Å². The summed E-state index contributed by atoms with van der Waals surface area (Å²) in [6.45, 7) is 3.61. The number of hydrogen-bond acceptors (Lipinski definition) is 2. The third-order valence-corrected chi connectivity index (χ3v) is 5.57. The van der Waals surface area contributed by atoms with Gasteiger partial charge in [-0.25, -0.2) is 12.8 Å². The molecule has 1 atom stereocenters. The Balaban J connectivity index is 3.41. The summed E-state index contributed by atoms with van der Waals surface area (Å²) in [6.07, 6.45) is 0.625. The van der Waals surface area contributed by atoms with Crippen molar-refractivity contribution in [3.63, 3.8) is 0 Å². The lowest BCUT2D eigenvalue weighted by Gasteiger charge is -2.23. The summed E-state index contributed by atoms with van der Waals surface area (Å²) in [7, 11) is -2.50. The Labute approximate surface area is 123 Å². The molecule has 1 aromatic carbocycles. The van der Waals surface area contributed by atoms with Crippen LogP contribution in [0, 0.1) is 5.82 Å². The first-order chi connectivity index (χ1) is 8.75. The molecule has 7 heteroatoms. The second-order valence-corrected chi connectivity index (χ2v) is 6.96. The van der Waals surface area contributed by atoms with Crippen LogP contribution in [0.25, 0.3) is 0 Å². The summed E-state index contributed by atoms with van der Waals surface area (Å²) >= 11 is 11.4. The fourth-order valence-electron chi connectivity index (χ4n) is 1.55. The molecule has 3 nitrogen and oxygen atoms in total. The maximum atomic E-state index is 14.1. The molecule has 1 aromatic rings. The summed E-state index contributed by atoms with van der Waals surface area (Å²) in [6, 6.07) is 2.20. The van der Waals surface area contributed by atoms with Crippen LogP contribution in [0.5, 0.6) is 0 Å². The van der Waals surface area contributed by atoms with Gasteiger partial charge < -0.3 is 0 Å². The first kappa shape index (κ1) is 16.7. The molecule has 0 heterocycles. The van der Waals surface area contributed by atoms with Crippen LogP contribution in [0.3, 0.4) is 0 Å². The Kier molecular flexibility index (Phi) is 5.62. The zero-order valence-electron chi connectivity index (χ0n) is 11.0. The van der Waals surface area contributed by atoms with E-state index in [2.05, 4.69) is 0 Å². The number of alkyl halides is 1. The van der Waals surface area contributed by atoms with Crippen LogP contribution < -0.4 is 0 Å². The molecule has 0 radical (unpaired) electrons. The summed E-state index contributed by atoms with van der Waals surface area (Å²) < 4.78 is 40.0. The molecule has 19 heavy (non-hydrogen) atoms. The fourth-order valence-corrected chi connectivity index (χ4v) is 3.62. The number of hydrogen-bond donors (Lipinski definition) is 0. The average molecular weight is 328 g/mol. The molecular weight excluding hydrogens is 312 g/mol. The molecule has 1 unspecified atom stereocenters. The predicted molar refractivity (Wildman–Crippen MR) is 75.7 cm³/mol. The Bertz CT molecular complexity index is 563. The first-order valence-electron chi connectivity index (χ1n) is 5.77. The Morgan fingerprint density at radius 1 is 1.42 bits per heavy atom. The molecular formula is C12H16Cl2FNO2S. The number of benzene rings is 1. The maximum absolute atomic E-state index is 14.1. The number of halogens is 3. The molecule has 0 aliphatic rings. The van der Waals surface area contributed by atoms with Crippen molar-refractivity contribution < 1.29 is 12.8 Å². The van der Waals surface area contributed by atoms with E-state index in [-0.39, 0.29) is 22.5 Å². The molecule has 0 fully saturated rings. The van der Waals surface area contributed by atoms with E-state index in [1.807, 2.05) is 6.92 Å². The van der Waals surface area contributed by atoms with E-state index >= 15 is 0 Å². The molecule has 0 saturated heterocycles. The largest absolute Gasteiger partial charge is 0.246 e.